The molecule has 1 saturated carbocycles. The lowest BCUT2D eigenvalue weighted by Gasteiger charge is -2.31. The van der Waals surface area contributed by atoms with E-state index in [-0.39, 0.29) is 5.41 Å². The lowest BCUT2D eigenvalue weighted by molar-refractivity contribution is 0.254. The average molecular weight is 280 g/mol. The minimum Gasteiger partial charge on any atom is -0.307 e. The topological polar surface area (TPSA) is 24.9 Å². The van der Waals surface area contributed by atoms with Crippen molar-refractivity contribution in [3.05, 3.63) is 16.1 Å². The molecule has 0 bridgehead atoms. The zero-order chi connectivity index (χ0) is 13.9. The summed E-state index contributed by atoms with van der Waals surface area (Å²) >= 11 is 1.80. The molecule has 2 unspecified atom stereocenters. The molecule has 3 heteroatoms. The second-order valence-corrected chi connectivity index (χ2v) is 7.76. The van der Waals surface area contributed by atoms with Crippen LogP contribution in [-0.2, 0) is 12.0 Å². The fraction of sp³-hybridized carbons (Fsp3) is 0.812. The Labute approximate surface area is 122 Å². The van der Waals surface area contributed by atoms with Crippen LogP contribution in [0.15, 0.2) is 5.38 Å². The van der Waals surface area contributed by atoms with Crippen molar-refractivity contribution in [1.29, 1.82) is 0 Å². The molecule has 0 saturated heterocycles. The van der Waals surface area contributed by atoms with Crippen LogP contribution in [0, 0.1) is 5.92 Å². The zero-order valence-corrected chi connectivity index (χ0v) is 13.6. The van der Waals surface area contributed by atoms with Gasteiger partial charge in [-0.15, -0.1) is 11.3 Å². The van der Waals surface area contributed by atoms with Crippen molar-refractivity contribution < 1.29 is 0 Å². The number of aromatic nitrogens is 1. The smallest absolute Gasteiger partial charge is 0.107 e. The number of thiazole rings is 1. The third-order valence-electron chi connectivity index (χ3n) is 4.27. The summed E-state index contributed by atoms with van der Waals surface area (Å²) in [4.78, 5) is 4.77. The number of hydrogen-bond acceptors (Lipinski definition) is 3. The summed E-state index contributed by atoms with van der Waals surface area (Å²) in [6.07, 6.45) is 6.86. The fourth-order valence-electron chi connectivity index (χ4n) is 2.92. The molecule has 0 spiro atoms. The third kappa shape index (κ3) is 4.03. The van der Waals surface area contributed by atoms with Crippen molar-refractivity contribution in [1.82, 2.24) is 10.3 Å². The minimum atomic E-state index is 0.172. The molecule has 0 radical (unpaired) electrons. The molecule has 2 nitrogen and oxygen atoms in total. The van der Waals surface area contributed by atoms with Gasteiger partial charge in [0.25, 0.3) is 0 Å². The highest BCUT2D eigenvalue weighted by Gasteiger charge is 2.23. The van der Waals surface area contributed by atoms with Gasteiger partial charge in [0.2, 0.25) is 0 Å². The number of rotatable bonds is 4. The SMILES string of the molecule is CCC1CCCCC1NCc1nc(C(C)(C)C)cs1. The highest BCUT2D eigenvalue weighted by molar-refractivity contribution is 7.09. The Kier molecular flexibility index (Phi) is 5.02. The van der Waals surface area contributed by atoms with Crippen LogP contribution < -0.4 is 5.32 Å². The molecule has 0 aromatic carbocycles. The van der Waals surface area contributed by atoms with Crippen LogP contribution in [0.1, 0.15) is 70.5 Å². The van der Waals surface area contributed by atoms with Gasteiger partial charge in [-0.1, -0.05) is 47.0 Å². The highest BCUT2D eigenvalue weighted by atomic mass is 32.1. The fourth-order valence-corrected chi connectivity index (χ4v) is 3.89. The van der Waals surface area contributed by atoms with E-state index in [0.29, 0.717) is 6.04 Å². The maximum absolute atomic E-state index is 4.77. The van der Waals surface area contributed by atoms with Crippen LogP contribution in [0.4, 0.5) is 0 Å². The second-order valence-electron chi connectivity index (χ2n) is 6.82. The first kappa shape index (κ1) is 15.0. The molecule has 1 fully saturated rings. The molecule has 108 valence electrons. The first-order chi connectivity index (χ1) is 9.00. The molecule has 0 amide bonds. The minimum absolute atomic E-state index is 0.172. The molecular weight excluding hydrogens is 252 g/mol. The van der Waals surface area contributed by atoms with Crippen molar-refractivity contribution in [2.75, 3.05) is 0 Å². The van der Waals surface area contributed by atoms with Crippen molar-refractivity contribution in [2.24, 2.45) is 5.92 Å². The monoisotopic (exact) mass is 280 g/mol. The second kappa shape index (κ2) is 6.36. The summed E-state index contributed by atoms with van der Waals surface area (Å²) in [6, 6.07) is 0.709. The quantitative estimate of drug-likeness (QED) is 0.878. The maximum atomic E-state index is 4.77. The Morgan fingerprint density at radius 3 is 2.68 bits per heavy atom. The number of hydrogen-bond donors (Lipinski definition) is 1. The van der Waals surface area contributed by atoms with E-state index in [9.17, 15) is 0 Å². The summed E-state index contributed by atoms with van der Waals surface area (Å²) < 4.78 is 0. The van der Waals surface area contributed by atoms with Crippen molar-refractivity contribution >= 4 is 11.3 Å². The summed E-state index contributed by atoms with van der Waals surface area (Å²) in [5, 5.41) is 7.21. The van der Waals surface area contributed by atoms with Crippen molar-refractivity contribution in [3.8, 4) is 0 Å². The highest BCUT2D eigenvalue weighted by Crippen LogP contribution is 2.28. The molecule has 1 aromatic rings. The third-order valence-corrected chi connectivity index (χ3v) is 5.12. The van der Waals surface area contributed by atoms with Crippen molar-refractivity contribution in [2.45, 2.75) is 77.8 Å². The van der Waals surface area contributed by atoms with Crippen molar-refractivity contribution in [3.63, 3.8) is 0 Å². The van der Waals surface area contributed by atoms with Gasteiger partial charge in [-0.05, 0) is 18.8 Å². The Morgan fingerprint density at radius 1 is 1.32 bits per heavy atom. The van der Waals surface area contributed by atoms with E-state index < -0.39 is 0 Å². The van der Waals surface area contributed by atoms with E-state index in [0.717, 1.165) is 12.5 Å². The molecule has 0 aliphatic heterocycles. The maximum Gasteiger partial charge on any atom is 0.107 e. The van der Waals surface area contributed by atoms with Gasteiger partial charge >= 0.3 is 0 Å². The van der Waals surface area contributed by atoms with Gasteiger partial charge < -0.3 is 5.32 Å². The molecule has 1 aliphatic carbocycles. The zero-order valence-electron chi connectivity index (χ0n) is 12.8. The van der Waals surface area contributed by atoms with Crippen LogP contribution in [0.3, 0.4) is 0 Å². The van der Waals surface area contributed by atoms with Gasteiger partial charge in [-0.25, -0.2) is 4.98 Å². The van der Waals surface area contributed by atoms with Crippen LogP contribution in [0.5, 0.6) is 0 Å². The van der Waals surface area contributed by atoms with Gasteiger partial charge in [0.1, 0.15) is 5.01 Å². The Bertz CT molecular complexity index is 392. The first-order valence-corrected chi connectivity index (χ1v) is 8.57. The van der Waals surface area contributed by atoms with E-state index >= 15 is 0 Å². The van der Waals surface area contributed by atoms with Crippen LogP contribution in [0.2, 0.25) is 0 Å². The number of nitrogens with one attached hydrogen (secondary N) is 1. The standard InChI is InChI=1S/C16H28N2S/c1-5-12-8-6-7-9-13(12)17-10-15-18-14(11-19-15)16(2,3)4/h11-13,17H,5-10H2,1-4H3. The van der Waals surface area contributed by atoms with Gasteiger partial charge in [-0.2, -0.15) is 0 Å². The number of nitrogens with zero attached hydrogens (tertiary/aromatic N) is 1. The largest absolute Gasteiger partial charge is 0.307 e. The van der Waals surface area contributed by atoms with E-state index in [1.165, 1.54) is 42.8 Å². The van der Waals surface area contributed by atoms with E-state index in [1.807, 2.05) is 0 Å². The molecule has 2 rings (SSSR count). The Hall–Kier alpha value is -0.410. The predicted molar refractivity (Wildman–Crippen MR) is 83.7 cm³/mol. The molecule has 19 heavy (non-hydrogen) atoms. The van der Waals surface area contributed by atoms with E-state index in [4.69, 9.17) is 4.98 Å². The Morgan fingerprint density at radius 2 is 2.05 bits per heavy atom. The lowest BCUT2D eigenvalue weighted by atomic mass is 9.83. The summed E-state index contributed by atoms with van der Waals surface area (Å²) in [5.41, 5.74) is 1.40. The van der Waals surface area contributed by atoms with Gasteiger partial charge in [0.05, 0.1) is 5.69 Å². The summed E-state index contributed by atoms with van der Waals surface area (Å²) in [5.74, 6) is 0.871. The molecule has 1 N–H and O–H groups in total. The summed E-state index contributed by atoms with van der Waals surface area (Å²) in [6.45, 7) is 9.96. The van der Waals surface area contributed by atoms with Gasteiger partial charge in [-0.3, -0.25) is 0 Å². The molecular formula is C16H28N2S. The molecule has 1 aliphatic rings. The lowest BCUT2D eigenvalue weighted by Crippen LogP contribution is -2.37. The van der Waals surface area contributed by atoms with E-state index in [2.05, 4.69) is 38.4 Å². The average Bonchev–Trinajstić information content (AvgIpc) is 2.85. The molecule has 1 heterocycles. The normalized spacial score (nSPS) is 24.6. The van der Waals surface area contributed by atoms with E-state index in [1.54, 1.807) is 11.3 Å². The molecule has 1 aromatic heterocycles. The van der Waals surface area contributed by atoms with Gasteiger partial charge in [0, 0.05) is 23.4 Å². The molecule has 2 atom stereocenters. The first-order valence-electron chi connectivity index (χ1n) is 7.69. The Balaban J connectivity index is 1.89. The predicted octanol–water partition coefficient (Wildman–Crippen LogP) is 4.50. The van der Waals surface area contributed by atoms with Gasteiger partial charge in [0.15, 0.2) is 0 Å². The van der Waals surface area contributed by atoms with Crippen LogP contribution in [0.25, 0.3) is 0 Å². The summed E-state index contributed by atoms with van der Waals surface area (Å²) in [7, 11) is 0. The van der Waals surface area contributed by atoms with Crippen LogP contribution in [-0.4, -0.2) is 11.0 Å². The van der Waals surface area contributed by atoms with Crippen LogP contribution >= 0.6 is 11.3 Å².